The first-order valence-electron chi connectivity index (χ1n) is 6.40. The van der Waals surface area contributed by atoms with E-state index in [2.05, 4.69) is 10.3 Å². The Balaban J connectivity index is 1.87. The van der Waals surface area contributed by atoms with Crippen LogP contribution in [0.1, 0.15) is 17.4 Å². The molecule has 0 fully saturated rings. The topological polar surface area (TPSA) is 68.3 Å². The van der Waals surface area contributed by atoms with Crippen molar-refractivity contribution in [2.45, 2.75) is 11.8 Å². The van der Waals surface area contributed by atoms with Gasteiger partial charge in [0.05, 0.1) is 17.4 Å². The van der Waals surface area contributed by atoms with Crippen molar-refractivity contribution in [1.29, 1.82) is 0 Å². The Hall–Kier alpha value is -1.57. The van der Waals surface area contributed by atoms with Gasteiger partial charge in [-0.1, -0.05) is 23.7 Å². The van der Waals surface area contributed by atoms with Gasteiger partial charge < -0.3 is 10.1 Å². The second-order valence-electron chi connectivity index (χ2n) is 4.03. The fraction of sp³-hybridized carbons (Fsp3) is 0.214. The minimum Gasteiger partial charge on any atom is -0.461 e. The molecular formula is C14H13ClN2O3S2. The average Bonchev–Trinajstić information content (AvgIpc) is 2.95. The summed E-state index contributed by atoms with van der Waals surface area (Å²) in [6.07, 6.45) is 0. The van der Waals surface area contributed by atoms with Crippen LogP contribution in [-0.4, -0.2) is 29.2 Å². The molecule has 1 heterocycles. The van der Waals surface area contributed by atoms with Gasteiger partial charge in [0.15, 0.2) is 10.8 Å². The van der Waals surface area contributed by atoms with Crippen molar-refractivity contribution < 1.29 is 14.3 Å². The summed E-state index contributed by atoms with van der Waals surface area (Å²) in [6.45, 7) is 2.01. The lowest BCUT2D eigenvalue weighted by Gasteiger charge is -2.03. The standard InChI is InChI=1S/C14H13ClN2O3S2/c1-2-20-13(19)10-7-22-14(16-10)17-12(18)8-21-11-6-4-3-5-9(11)15/h3-7H,2,8H2,1H3,(H,16,17,18). The van der Waals surface area contributed by atoms with Crippen molar-refractivity contribution in [3.8, 4) is 0 Å². The zero-order chi connectivity index (χ0) is 15.9. The molecule has 1 aromatic heterocycles. The van der Waals surface area contributed by atoms with Crippen molar-refractivity contribution in [2.75, 3.05) is 17.7 Å². The van der Waals surface area contributed by atoms with Gasteiger partial charge in [0, 0.05) is 10.3 Å². The van der Waals surface area contributed by atoms with E-state index < -0.39 is 5.97 Å². The van der Waals surface area contributed by atoms with Gasteiger partial charge in [-0.05, 0) is 19.1 Å². The third-order valence-corrected chi connectivity index (χ3v) is 4.70. The molecule has 5 nitrogen and oxygen atoms in total. The number of nitrogens with zero attached hydrogens (tertiary/aromatic N) is 1. The maximum atomic E-state index is 11.9. The second-order valence-corrected chi connectivity index (χ2v) is 6.31. The van der Waals surface area contributed by atoms with Crippen LogP contribution >= 0.6 is 34.7 Å². The molecule has 0 bridgehead atoms. The number of thioether (sulfide) groups is 1. The molecule has 0 spiro atoms. The van der Waals surface area contributed by atoms with Crippen molar-refractivity contribution >= 4 is 51.7 Å². The van der Waals surface area contributed by atoms with E-state index in [-0.39, 0.29) is 24.0 Å². The molecule has 0 aliphatic heterocycles. The zero-order valence-corrected chi connectivity index (χ0v) is 14.1. The Morgan fingerprint density at radius 3 is 2.91 bits per heavy atom. The highest BCUT2D eigenvalue weighted by Crippen LogP contribution is 2.26. The second kappa shape index (κ2) is 8.17. The van der Waals surface area contributed by atoms with E-state index in [1.807, 2.05) is 18.2 Å². The van der Waals surface area contributed by atoms with Gasteiger partial charge in [-0.15, -0.1) is 23.1 Å². The summed E-state index contributed by atoms with van der Waals surface area (Å²) in [7, 11) is 0. The number of thiazole rings is 1. The Morgan fingerprint density at radius 2 is 2.18 bits per heavy atom. The number of benzene rings is 1. The van der Waals surface area contributed by atoms with Crippen molar-refractivity contribution in [3.63, 3.8) is 0 Å². The number of anilines is 1. The quantitative estimate of drug-likeness (QED) is 0.631. The van der Waals surface area contributed by atoms with E-state index in [4.69, 9.17) is 16.3 Å². The summed E-state index contributed by atoms with van der Waals surface area (Å²) >= 11 is 8.54. The lowest BCUT2D eigenvalue weighted by Crippen LogP contribution is -2.14. The largest absolute Gasteiger partial charge is 0.461 e. The highest BCUT2D eigenvalue weighted by Gasteiger charge is 2.13. The minimum absolute atomic E-state index is 0.195. The fourth-order valence-corrected chi connectivity index (χ4v) is 3.23. The number of aromatic nitrogens is 1. The van der Waals surface area contributed by atoms with Crippen LogP contribution in [0.2, 0.25) is 5.02 Å². The Bertz CT molecular complexity index is 676. The predicted molar refractivity (Wildman–Crippen MR) is 88.9 cm³/mol. The molecule has 0 aliphatic rings. The number of amides is 1. The number of esters is 1. The summed E-state index contributed by atoms with van der Waals surface area (Å²) in [6, 6.07) is 7.31. The van der Waals surface area contributed by atoms with E-state index in [1.165, 1.54) is 23.1 Å². The molecule has 116 valence electrons. The Labute approximate surface area is 141 Å². The molecule has 0 aliphatic carbocycles. The van der Waals surface area contributed by atoms with Crippen molar-refractivity contribution in [2.24, 2.45) is 0 Å². The first kappa shape index (κ1) is 16.8. The SMILES string of the molecule is CCOC(=O)c1csc(NC(=O)CSc2ccccc2Cl)n1. The summed E-state index contributed by atoms with van der Waals surface area (Å²) < 4.78 is 4.84. The third kappa shape index (κ3) is 4.72. The number of ether oxygens (including phenoxy) is 1. The lowest BCUT2D eigenvalue weighted by molar-refractivity contribution is -0.113. The van der Waals surface area contributed by atoms with E-state index >= 15 is 0 Å². The molecular weight excluding hydrogens is 344 g/mol. The summed E-state index contributed by atoms with van der Waals surface area (Å²) in [4.78, 5) is 28.2. The average molecular weight is 357 g/mol. The summed E-state index contributed by atoms with van der Waals surface area (Å²) in [5, 5.41) is 5.17. The van der Waals surface area contributed by atoms with Gasteiger partial charge in [0.25, 0.3) is 0 Å². The first-order valence-corrected chi connectivity index (χ1v) is 8.64. The molecule has 0 saturated heterocycles. The zero-order valence-electron chi connectivity index (χ0n) is 11.7. The van der Waals surface area contributed by atoms with Crippen LogP contribution in [0.5, 0.6) is 0 Å². The molecule has 1 aromatic carbocycles. The first-order chi connectivity index (χ1) is 10.6. The molecule has 0 atom stereocenters. The van der Waals surface area contributed by atoms with Gasteiger partial charge in [-0.2, -0.15) is 0 Å². The molecule has 0 unspecified atom stereocenters. The molecule has 8 heteroatoms. The van der Waals surface area contributed by atoms with Crippen LogP contribution in [0, 0.1) is 0 Å². The molecule has 1 amide bonds. The normalized spacial score (nSPS) is 10.3. The molecule has 2 rings (SSSR count). The number of rotatable bonds is 6. The highest BCUT2D eigenvalue weighted by molar-refractivity contribution is 8.00. The van der Waals surface area contributed by atoms with E-state index in [0.29, 0.717) is 10.2 Å². The minimum atomic E-state index is -0.496. The van der Waals surface area contributed by atoms with Gasteiger partial charge in [0.1, 0.15) is 0 Å². The van der Waals surface area contributed by atoms with Gasteiger partial charge in [-0.25, -0.2) is 9.78 Å². The smallest absolute Gasteiger partial charge is 0.357 e. The molecule has 0 saturated carbocycles. The molecule has 1 N–H and O–H groups in total. The Kier molecular flexibility index (Phi) is 6.23. The van der Waals surface area contributed by atoms with Crippen molar-refractivity contribution in [3.05, 3.63) is 40.4 Å². The number of hydrogen-bond donors (Lipinski definition) is 1. The van der Waals surface area contributed by atoms with E-state index in [9.17, 15) is 9.59 Å². The Morgan fingerprint density at radius 1 is 1.41 bits per heavy atom. The third-order valence-electron chi connectivity index (χ3n) is 2.43. The van der Waals surface area contributed by atoms with E-state index in [0.717, 1.165) is 4.90 Å². The van der Waals surface area contributed by atoms with Crippen LogP contribution < -0.4 is 5.32 Å². The highest BCUT2D eigenvalue weighted by atomic mass is 35.5. The lowest BCUT2D eigenvalue weighted by atomic mass is 10.4. The number of carbonyl (C=O) groups excluding carboxylic acids is 2. The van der Waals surface area contributed by atoms with Crippen molar-refractivity contribution in [1.82, 2.24) is 4.98 Å². The number of halogens is 1. The molecule has 22 heavy (non-hydrogen) atoms. The number of carbonyl (C=O) groups is 2. The number of nitrogens with one attached hydrogen (secondary N) is 1. The maximum Gasteiger partial charge on any atom is 0.357 e. The monoisotopic (exact) mass is 356 g/mol. The van der Waals surface area contributed by atoms with Crippen LogP contribution in [0.25, 0.3) is 0 Å². The predicted octanol–water partition coefficient (Wildman–Crippen LogP) is 3.70. The van der Waals surface area contributed by atoms with Gasteiger partial charge >= 0.3 is 5.97 Å². The fourth-order valence-electron chi connectivity index (χ4n) is 1.49. The van der Waals surface area contributed by atoms with Crippen LogP contribution in [-0.2, 0) is 9.53 Å². The van der Waals surface area contributed by atoms with Gasteiger partial charge in [-0.3, -0.25) is 4.79 Å². The van der Waals surface area contributed by atoms with Crippen LogP contribution in [0.15, 0.2) is 34.5 Å². The summed E-state index contributed by atoms with van der Waals surface area (Å²) in [5.41, 5.74) is 0.195. The van der Waals surface area contributed by atoms with Gasteiger partial charge in [0.2, 0.25) is 5.91 Å². The van der Waals surface area contributed by atoms with Crippen LogP contribution in [0.3, 0.4) is 0 Å². The molecule has 2 aromatic rings. The molecule has 0 radical (unpaired) electrons. The maximum absolute atomic E-state index is 11.9. The van der Waals surface area contributed by atoms with E-state index in [1.54, 1.807) is 18.4 Å². The van der Waals surface area contributed by atoms with Crippen LogP contribution in [0.4, 0.5) is 5.13 Å². The summed E-state index contributed by atoms with van der Waals surface area (Å²) in [5.74, 6) is -0.503. The number of hydrogen-bond acceptors (Lipinski definition) is 6.